The second-order valence-corrected chi connectivity index (χ2v) is 5.85. The van der Waals surface area contributed by atoms with Gasteiger partial charge in [-0.05, 0) is 50.0 Å². The third-order valence-electron chi connectivity index (χ3n) is 4.29. The Morgan fingerprint density at radius 3 is 2.53 bits per heavy atom. The van der Waals surface area contributed by atoms with Gasteiger partial charge in [-0.15, -0.1) is 0 Å². The highest BCUT2D eigenvalue weighted by atomic mass is 15.2. The summed E-state index contributed by atoms with van der Waals surface area (Å²) in [7, 11) is 0. The zero-order valence-electron chi connectivity index (χ0n) is 12.0. The molecule has 0 aliphatic carbocycles. The number of benzene rings is 1. The van der Waals surface area contributed by atoms with Gasteiger partial charge in [0.25, 0.3) is 0 Å². The maximum atomic E-state index is 3.44. The van der Waals surface area contributed by atoms with Crippen LogP contribution in [0.3, 0.4) is 0 Å². The SMILES string of the molecule is Cc1ccc(CN2CCCC2)c(N2CCNCC2)c1. The van der Waals surface area contributed by atoms with Crippen LogP contribution in [0.25, 0.3) is 0 Å². The Kier molecular flexibility index (Phi) is 4.04. The molecular weight excluding hydrogens is 234 g/mol. The fourth-order valence-electron chi connectivity index (χ4n) is 3.19. The Labute approximate surface area is 116 Å². The van der Waals surface area contributed by atoms with Crippen LogP contribution in [0.2, 0.25) is 0 Å². The van der Waals surface area contributed by atoms with Gasteiger partial charge >= 0.3 is 0 Å². The fraction of sp³-hybridized carbons (Fsp3) is 0.625. The van der Waals surface area contributed by atoms with Crippen molar-refractivity contribution in [2.24, 2.45) is 0 Å². The van der Waals surface area contributed by atoms with Crippen LogP contribution in [-0.4, -0.2) is 44.2 Å². The number of piperazine rings is 1. The molecule has 2 aliphatic rings. The normalized spacial score (nSPS) is 21.0. The highest BCUT2D eigenvalue weighted by Crippen LogP contribution is 2.25. The van der Waals surface area contributed by atoms with E-state index < -0.39 is 0 Å². The molecule has 0 bridgehead atoms. The van der Waals surface area contributed by atoms with Crippen LogP contribution in [0.1, 0.15) is 24.0 Å². The van der Waals surface area contributed by atoms with Crippen molar-refractivity contribution in [3.63, 3.8) is 0 Å². The summed E-state index contributed by atoms with van der Waals surface area (Å²) >= 11 is 0. The zero-order chi connectivity index (χ0) is 13.1. The van der Waals surface area contributed by atoms with Crippen molar-refractivity contribution >= 4 is 5.69 Å². The number of nitrogens with one attached hydrogen (secondary N) is 1. The Balaban J connectivity index is 1.80. The van der Waals surface area contributed by atoms with Gasteiger partial charge in [-0.25, -0.2) is 0 Å². The van der Waals surface area contributed by atoms with Crippen molar-refractivity contribution in [3.8, 4) is 0 Å². The minimum Gasteiger partial charge on any atom is -0.369 e. The fourth-order valence-corrected chi connectivity index (χ4v) is 3.19. The zero-order valence-corrected chi connectivity index (χ0v) is 12.0. The van der Waals surface area contributed by atoms with E-state index in [1.807, 2.05) is 0 Å². The first-order valence-corrected chi connectivity index (χ1v) is 7.60. The van der Waals surface area contributed by atoms with Crippen LogP contribution in [0.15, 0.2) is 18.2 Å². The molecule has 0 unspecified atom stereocenters. The van der Waals surface area contributed by atoms with E-state index in [1.165, 1.54) is 42.7 Å². The van der Waals surface area contributed by atoms with Crippen molar-refractivity contribution in [1.29, 1.82) is 0 Å². The molecule has 0 atom stereocenters. The number of likely N-dealkylation sites (tertiary alicyclic amines) is 1. The summed E-state index contributed by atoms with van der Waals surface area (Å²) in [6.07, 6.45) is 2.74. The molecule has 0 spiro atoms. The van der Waals surface area contributed by atoms with Gasteiger partial charge in [0.1, 0.15) is 0 Å². The van der Waals surface area contributed by atoms with Crippen LogP contribution >= 0.6 is 0 Å². The molecule has 0 radical (unpaired) electrons. The lowest BCUT2D eigenvalue weighted by atomic mass is 10.1. The number of hydrogen-bond donors (Lipinski definition) is 1. The average molecular weight is 259 g/mol. The second kappa shape index (κ2) is 5.93. The van der Waals surface area contributed by atoms with E-state index in [0.29, 0.717) is 0 Å². The molecule has 1 N–H and O–H groups in total. The highest BCUT2D eigenvalue weighted by Gasteiger charge is 2.17. The lowest BCUT2D eigenvalue weighted by Gasteiger charge is -2.32. The van der Waals surface area contributed by atoms with Gasteiger partial charge in [0.15, 0.2) is 0 Å². The van der Waals surface area contributed by atoms with Gasteiger partial charge in [0.05, 0.1) is 0 Å². The molecule has 2 heterocycles. The van der Waals surface area contributed by atoms with Gasteiger partial charge < -0.3 is 10.2 Å². The van der Waals surface area contributed by atoms with Crippen LogP contribution in [0, 0.1) is 6.92 Å². The Bertz CT molecular complexity index is 418. The van der Waals surface area contributed by atoms with E-state index in [-0.39, 0.29) is 0 Å². The molecule has 2 aliphatic heterocycles. The number of aryl methyl sites for hydroxylation is 1. The first kappa shape index (κ1) is 12.9. The van der Waals surface area contributed by atoms with Crippen molar-refractivity contribution in [2.75, 3.05) is 44.2 Å². The summed E-state index contributed by atoms with van der Waals surface area (Å²) in [5.41, 5.74) is 4.35. The van der Waals surface area contributed by atoms with E-state index in [1.54, 1.807) is 0 Å². The molecule has 1 aromatic carbocycles. The molecular formula is C16H25N3. The highest BCUT2D eigenvalue weighted by molar-refractivity contribution is 5.56. The van der Waals surface area contributed by atoms with Crippen LogP contribution < -0.4 is 10.2 Å². The number of anilines is 1. The second-order valence-electron chi connectivity index (χ2n) is 5.85. The van der Waals surface area contributed by atoms with Gasteiger partial charge in [0.2, 0.25) is 0 Å². The van der Waals surface area contributed by atoms with Crippen LogP contribution in [0.5, 0.6) is 0 Å². The first-order valence-electron chi connectivity index (χ1n) is 7.60. The summed E-state index contributed by atoms with van der Waals surface area (Å²) in [6.45, 7) is 10.4. The topological polar surface area (TPSA) is 18.5 Å². The molecule has 104 valence electrons. The summed E-state index contributed by atoms with van der Waals surface area (Å²) in [4.78, 5) is 5.14. The lowest BCUT2D eigenvalue weighted by molar-refractivity contribution is 0.331. The van der Waals surface area contributed by atoms with E-state index in [2.05, 4.69) is 40.2 Å². The first-order chi connectivity index (χ1) is 9.33. The van der Waals surface area contributed by atoms with E-state index in [9.17, 15) is 0 Å². The summed E-state index contributed by atoms with van der Waals surface area (Å²) in [5.74, 6) is 0. The Morgan fingerprint density at radius 1 is 1.05 bits per heavy atom. The van der Waals surface area contributed by atoms with Crippen molar-refractivity contribution < 1.29 is 0 Å². The Morgan fingerprint density at radius 2 is 1.79 bits per heavy atom. The standard InChI is InChI=1S/C16H25N3/c1-14-4-5-15(13-18-8-2-3-9-18)16(12-14)19-10-6-17-7-11-19/h4-5,12,17H,2-3,6-11,13H2,1H3. The maximum absolute atomic E-state index is 3.44. The van der Waals surface area contributed by atoms with E-state index in [0.717, 1.165) is 32.7 Å². The molecule has 19 heavy (non-hydrogen) atoms. The Hall–Kier alpha value is -1.06. The molecule has 3 nitrogen and oxygen atoms in total. The summed E-state index contributed by atoms with van der Waals surface area (Å²) in [6, 6.07) is 6.97. The van der Waals surface area contributed by atoms with Crippen molar-refractivity contribution in [1.82, 2.24) is 10.2 Å². The van der Waals surface area contributed by atoms with Gasteiger partial charge in [-0.2, -0.15) is 0 Å². The largest absolute Gasteiger partial charge is 0.369 e. The third kappa shape index (κ3) is 3.10. The molecule has 3 rings (SSSR count). The van der Waals surface area contributed by atoms with Crippen molar-refractivity contribution in [2.45, 2.75) is 26.3 Å². The van der Waals surface area contributed by atoms with E-state index >= 15 is 0 Å². The van der Waals surface area contributed by atoms with Gasteiger partial charge in [-0.3, -0.25) is 4.90 Å². The quantitative estimate of drug-likeness (QED) is 0.896. The predicted molar refractivity (Wildman–Crippen MR) is 80.8 cm³/mol. The number of rotatable bonds is 3. The monoisotopic (exact) mass is 259 g/mol. The number of hydrogen-bond acceptors (Lipinski definition) is 3. The van der Waals surface area contributed by atoms with E-state index in [4.69, 9.17) is 0 Å². The molecule has 0 aromatic heterocycles. The number of nitrogens with zero attached hydrogens (tertiary/aromatic N) is 2. The van der Waals surface area contributed by atoms with Gasteiger partial charge in [-0.1, -0.05) is 12.1 Å². The molecule has 3 heteroatoms. The van der Waals surface area contributed by atoms with Gasteiger partial charge in [0, 0.05) is 38.4 Å². The molecule has 2 fully saturated rings. The third-order valence-corrected chi connectivity index (χ3v) is 4.29. The lowest BCUT2D eigenvalue weighted by Crippen LogP contribution is -2.44. The minimum atomic E-state index is 1.11. The molecule has 0 amide bonds. The summed E-state index contributed by atoms with van der Waals surface area (Å²) in [5, 5.41) is 3.44. The maximum Gasteiger partial charge on any atom is 0.0415 e. The minimum absolute atomic E-state index is 1.11. The predicted octanol–water partition coefficient (Wildman–Crippen LogP) is 2.00. The molecule has 1 aromatic rings. The van der Waals surface area contributed by atoms with Crippen LogP contribution in [0.4, 0.5) is 5.69 Å². The van der Waals surface area contributed by atoms with Crippen molar-refractivity contribution in [3.05, 3.63) is 29.3 Å². The smallest absolute Gasteiger partial charge is 0.0415 e. The molecule has 0 saturated carbocycles. The van der Waals surface area contributed by atoms with Crippen LogP contribution in [-0.2, 0) is 6.54 Å². The summed E-state index contributed by atoms with van der Waals surface area (Å²) < 4.78 is 0. The average Bonchev–Trinajstić information content (AvgIpc) is 2.95. The molecule has 2 saturated heterocycles.